The number of carboxylic acids is 1. The van der Waals surface area contributed by atoms with Gasteiger partial charge < -0.3 is 10.0 Å². The van der Waals surface area contributed by atoms with Crippen molar-refractivity contribution >= 4 is 35.0 Å². The molecule has 1 aliphatic rings. The minimum absolute atomic E-state index is 0.0489. The maximum atomic E-state index is 12.3. The number of aromatic carboxylic acids is 1. The molecule has 0 spiro atoms. The summed E-state index contributed by atoms with van der Waals surface area (Å²) in [6, 6.07) is 3.29. The fraction of sp³-hybridized carbons (Fsp3) is 0.500. The van der Waals surface area contributed by atoms with Crippen molar-refractivity contribution in [3.63, 3.8) is 0 Å². The molecule has 2 atom stereocenters. The molecule has 1 amide bonds. The Morgan fingerprint density at radius 1 is 1.33 bits per heavy atom. The molecule has 0 saturated carbocycles. The van der Waals surface area contributed by atoms with Crippen molar-refractivity contribution in [3.05, 3.63) is 21.9 Å². The molecule has 6 heteroatoms. The molecule has 1 fully saturated rings. The number of carboxylic acid groups (broad SMARTS) is 1. The molecule has 1 aromatic rings. The van der Waals surface area contributed by atoms with Crippen LogP contribution in [0.2, 0.25) is 0 Å². The first-order chi connectivity index (χ1) is 8.50. The van der Waals surface area contributed by atoms with Gasteiger partial charge in [0.15, 0.2) is 0 Å². The number of amides is 1. The van der Waals surface area contributed by atoms with Crippen molar-refractivity contribution in [2.45, 2.75) is 25.1 Å². The van der Waals surface area contributed by atoms with Gasteiger partial charge in [-0.25, -0.2) is 4.79 Å². The molecule has 4 nitrogen and oxygen atoms in total. The van der Waals surface area contributed by atoms with E-state index in [9.17, 15) is 9.59 Å². The van der Waals surface area contributed by atoms with Gasteiger partial charge in [-0.3, -0.25) is 4.79 Å². The van der Waals surface area contributed by atoms with Gasteiger partial charge in [-0.2, -0.15) is 11.8 Å². The molecule has 98 valence electrons. The molecular formula is C12H15NO3S2. The van der Waals surface area contributed by atoms with Gasteiger partial charge >= 0.3 is 5.97 Å². The van der Waals surface area contributed by atoms with E-state index in [1.54, 1.807) is 6.07 Å². The Bertz CT molecular complexity index is 472. The molecule has 1 saturated heterocycles. The van der Waals surface area contributed by atoms with Crippen LogP contribution in [-0.4, -0.2) is 45.5 Å². The van der Waals surface area contributed by atoms with Crippen molar-refractivity contribution in [1.29, 1.82) is 0 Å². The van der Waals surface area contributed by atoms with Crippen molar-refractivity contribution < 1.29 is 14.7 Å². The van der Waals surface area contributed by atoms with Crippen LogP contribution < -0.4 is 0 Å². The zero-order valence-electron chi connectivity index (χ0n) is 10.3. The fourth-order valence-corrected chi connectivity index (χ4v) is 3.83. The molecule has 0 bridgehead atoms. The third-order valence-electron chi connectivity index (χ3n) is 3.17. The highest BCUT2D eigenvalue weighted by molar-refractivity contribution is 8.00. The summed E-state index contributed by atoms with van der Waals surface area (Å²) in [5.41, 5.74) is 0. The third kappa shape index (κ3) is 2.54. The predicted molar refractivity (Wildman–Crippen MR) is 73.7 cm³/mol. The number of carbonyl (C=O) groups excluding carboxylic acids is 1. The summed E-state index contributed by atoms with van der Waals surface area (Å²) in [6.45, 7) is 4.89. The highest BCUT2D eigenvalue weighted by Crippen LogP contribution is 2.27. The lowest BCUT2D eigenvalue weighted by atomic mass is 10.2. The largest absolute Gasteiger partial charge is 0.477 e. The Morgan fingerprint density at radius 3 is 2.61 bits per heavy atom. The minimum Gasteiger partial charge on any atom is -0.477 e. The van der Waals surface area contributed by atoms with Crippen molar-refractivity contribution in [2.24, 2.45) is 0 Å². The highest BCUT2D eigenvalue weighted by Gasteiger charge is 2.30. The summed E-state index contributed by atoms with van der Waals surface area (Å²) >= 11 is 2.92. The molecule has 1 aliphatic heterocycles. The number of nitrogens with zero attached hydrogens (tertiary/aromatic N) is 1. The van der Waals surface area contributed by atoms with Gasteiger partial charge in [0.05, 0.1) is 4.88 Å². The molecule has 0 aromatic carbocycles. The molecular weight excluding hydrogens is 270 g/mol. The lowest BCUT2D eigenvalue weighted by Crippen LogP contribution is -2.47. The zero-order valence-corrected chi connectivity index (χ0v) is 11.9. The first kappa shape index (κ1) is 13.4. The van der Waals surface area contributed by atoms with Crippen LogP contribution in [0.1, 0.15) is 33.2 Å². The Kier molecular flexibility index (Phi) is 3.97. The fourth-order valence-electron chi connectivity index (χ4n) is 1.93. The van der Waals surface area contributed by atoms with E-state index >= 15 is 0 Å². The van der Waals surface area contributed by atoms with Crippen LogP contribution >= 0.6 is 23.1 Å². The Labute approximate surface area is 114 Å². The van der Waals surface area contributed by atoms with Gasteiger partial charge in [-0.15, -0.1) is 11.3 Å². The van der Waals surface area contributed by atoms with E-state index in [-0.39, 0.29) is 16.8 Å². The van der Waals surface area contributed by atoms with Crippen LogP contribution in [-0.2, 0) is 0 Å². The molecule has 2 unspecified atom stereocenters. The summed E-state index contributed by atoms with van der Waals surface area (Å²) in [4.78, 5) is 25.7. The van der Waals surface area contributed by atoms with Gasteiger partial charge in [-0.1, -0.05) is 6.92 Å². The van der Waals surface area contributed by atoms with Gasteiger partial charge in [-0.05, 0) is 19.1 Å². The second kappa shape index (κ2) is 5.32. The zero-order chi connectivity index (χ0) is 13.3. The molecule has 0 aliphatic carbocycles. The summed E-state index contributed by atoms with van der Waals surface area (Å²) in [6.07, 6.45) is 0. The van der Waals surface area contributed by atoms with Gasteiger partial charge in [0.25, 0.3) is 5.91 Å². The second-order valence-electron chi connectivity index (χ2n) is 4.28. The standard InChI is InChI=1S/C12H15NO3S2/c1-7-8(2)17-6-5-13(7)11(14)9-3-4-10(18-9)12(15)16/h3-4,7-8H,5-6H2,1-2H3,(H,15,16). The van der Waals surface area contributed by atoms with Gasteiger partial charge in [0.1, 0.15) is 4.88 Å². The SMILES string of the molecule is CC1SCCN(C(=O)c2ccc(C(=O)O)s2)C1C. The van der Waals surface area contributed by atoms with E-state index < -0.39 is 5.97 Å². The average Bonchev–Trinajstić information content (AvgIpc) is 2.81. The van der Waals surface area contributed by atoms with Crippen LogP contribution in [0.3, 0.4) is 0 Å². The van der Waals surface area contributed by atoms with Crippen LogP contribution in [0.15, 0.2) is 12.1 Å². The molecule has 2 rings (SSSR count). The van der Waals surface area contributed by atoms with E-state index in [4.69, 9.17) is 5.11 Å². The average molecular weight is 285 g/mol. The third-order valence-corrected chi connectivity index (χ3v) is 5.57. The first-order valence-corrected chi connectivity index (χ1v) is 7.63. The number of thioether (sulfide) groups is 1. The topological polar surface area (TPSA) is 57.6 Å². The van der Waals surface area contributed by atoms with Crippen LogP contribution in [0.4, 0.5) is 0 Å². The highest BCUT2D eigenvalue weighted by atomic mass is 32.2. The molecule has 0 radical (unpaired) electrons. The lowest BCUT2D eigenvalue weighted by Gasteiger charge is -2.37. The van der Waals surface area contributed by atoms with Crippen LogP contribution in [0.5, 0.6) is 0 Å². The first-order valence-electron chi connectivity index (χ1n) is 5.76. The van der Waals surface area contributed by atoms with Crippen molar-refractivity contribution in [1.82, 2.24) is 4.90 Å². The molecule has 2 heterocycles. The molecule has 1 aromatic heterocycles. The number of thiophene rings is 1. The number of hydrogen-bond acceptors (Lipinski definition) is 4. The molecule has 1 N–H and O–H groups in total. The number of rotatable bonds is 2. The maximum absolute atomic E-state index is 12.3. The van der Waals surface area contributed by atoms with Crippen molar-refractivity contribution in [2.75, 3.05) is 12.3 Å². The minimum atomic E-state index is -0.977. The quantitative estimate of drug-likeness (QED) is 0.906. The number of hydrogen-bond donors (Lipinski definition) is 1. The monoisotopic (exact) mass is 285 g/mol. The Hall–Kier alpha value is -1.01. The molecule has 18 heavy (non-hydrogen) atoms. The van der Waals surface area contributed by atoms with Crippen LogP contribution in [0, 0.1) is 0 Å². The summed E-state index contributed by atoms with van der Waals surface area (Å²) in [5.74, 6) is -0.0872. The second-order valence-corrected chi connectivity index (χ2v) is 6.85. The normalized spacial score (nSPS) is 24.0. The van der Waals surface area contributed by atoms with Crippen molar-refractivity contribution in [3.8, 4) is 0 Å². The smallest absolute Gasteiger partial charge is 0.345 e. The Morgan fingerprint density at radius 2 is 2.00 bits per heavy atom. The summed E-state index contributed by atoms with van der Waals surface area (Å²) in [7, 11) is 0. The summed E-state index contributed by atoms with van der Waals surface area (Å²) < 4.78 is 0. The summed E-state index contributed by atoms with van der Waals surface area (Å²) in [5, 5.41) is 9.28. The van der Waals surface area contributed by atoms with Gasteiger partial charge in [0, 0.05) is 23.6 Å². The predicted octanol–water partition coefficient (Wildman–Crippen LogP) is 2.41. The van der Waals surface area contributed by atoms with E-state index in [0.29, 0.717) is 10.1 Å². The van der Waals surface area contributed by atoms with E-state index in [2.05, 4.69) is 6.92 Å². The van der Waals surface area contributed by atoms with Gasteiger partial charge in [0.2, 0.25) is 0 Å². The van der Waals surface area contributed by atoms with Crippen LogP contribution in [0.25, 0.3) is 0 Å². The van der Waals surface area contributed by atoms with E-state index in [1.807, 2.05) is 23.6 Å². The Balaban J connectivity index is 2.17. The maximum Gasteiger partial charge on any atom is 0.345 e. The van der Waals surface area contributed by atoms with E-state index in [1.165, 1.54) is 6.07 Å². The van der Waals surface area contributed by atoms with E-state index in [0.717, 1.165) is 23.6 Å². The lowest BCUT2D eigenvalue weighted by molar-refractivity contribution is 0.0695. The number of carbonyl (C=O) groups is 2.